The number of para-hydroxylation sites is 1. The number of carbonyl (C=O) groups is 1. The van der Waals surface area contributed by atoms with E-state index in [4.69, 9.17) is 4.74 Å². The first-order valence-electron chi connectivity index (χ1n) is 6.26. The van der Waals surface area contributed by atoms with Gasteiger partial charge in [0.25, 0.3) is 0 Å². The Morgan fingerprint density at radius 2 is 2.00 bits per heavy atom. The summed E-state index contributed by atoms with van der Waals surface area (Å²) in [6.45, 7) is 8.07. The topological polar surface area (TPSA) is 50.4 Å². The highest BCUT2D eigenvalue weighted by atomic mass is 127. The van der Waals surface area contributed by atoms with E-state index in [2.05, 4.69) is 33.2 Å². The number of halogens is 1. The van der Waals surface area contributed by atoms with Crippen molar-refractivity contribution < 1.29 is 9.53 Å². The Hall–Kier alpha value is -0.980. The molecule has 0 aliphatic rings. The van der Waals surface area contributed by atoms with Crippen molar-refractivity contribution >= 4 is 34.4 Å². The van der Waals surface area contributed by atoms with Gasteiger partial charge in [0.1, 0.15) is 5.60 Å². The van der Waals surface area contributed by atoms with Crippen LogP contribution in [0.1, 0.15) is 27.7 Å². The lowest BCUT2D eigenvalue weighted by Gasteiger charge is -2.21. The Morgan fingerprint density at radius 3 is 2.58 bits per heavy atom. The number of nitrogens with one attached hydrogen (secondary N) is 2. The largest absolute Gasteiger partial charge is 0.444 e. The molecule has 0 fully saturated rings. The van der Waals surface area contributed by atoms with Gasteiger partial charge in [-0.15, -0.1) is 0 Å². The molecule has 1 unspecified atom stereocenters. The Bertz CT molecular complexity index is 430. The van der Waals surface area contributed by atoms with Gasteiger partial charge in [0.05, 0.1) is 0 Å². The number of amides is 1. The van der Waals surface area contributed by atoms with E-state index in [0.717, 1.165) is 9.26 Å². The van der Waals surface area contributed by atoms with Crippen LogP contribution in [-0.4, -0.2) is 24.3 Å². The number of ether oxygens (including phenoxy) is 1. The molecule has 0 saturated heterocycles. The van der Waals surface area contributed by atoms with Crippen molar-refractivity contribution in [3.05, 3.63) is 27.8 Å². The number of anilines is 1. The van der Waals surface area contributed by atoms with Crippen molar-refractivity contribution in [3.63, 3.8) is 0 Å². The second-order valence-electron chi connectivity index (χ2n) is 5.41. The van der Waals surface area contributed by atoms with Gasteiger partial charge in [0.2, 0.25) is 0 Å². The van der Waals surface area contributed by atoms with E-state index in [1.807, 2.05) is 52.0 Å². The molecule has 4 nitrogen and oxygen atoms in total. The number of hydrogen-bond donors (Lipinski definition) is 2. The van der Waals surface area contributed by atoms with Crippen LogP contribution < -0.4 is 10.6 Å². The molecule has 0 aliphatic carbocycles. The molecule has 2 N–H and O–H groups in total. The fraction of sp³-hybridized carbons (Fsp3) is 0.500. The first-order chi connectivity index (χ1) is 8.78. The van der Waals surface area contributed by atoms with Gasteiger partial charge >= 0.3 is 6.09 Å². The lowest BCUT2D eigenvalue weighted by atomic mass is 10.2. The molecule has 5 heteroatoms. The number of rotatable bonds is 4. The van der Waals surface area contributed by atoms with Crippen LogP contribution in [0, 0.1) is 3.57 Å². The molecule has 0 heterocycles. The number of benzene rings is 1. The Balaban J connectivity index is 2.38. The molecule has 0 saturated carbocycles. The standard InChI is InChI=1S/C14H21IN2O2/c1-10(9-16-13(18)19-14(2,3)4)17-12-8-6-5-7-11(12)15/h5-8,10,17H,9H2,1-4H3,(H,16,18). The molecular formula is C14H21IN2O2. The van der Waals surface area contributed by atoms with E-state index in [1.165, 1.54) is 0 Å². The predicted octanol–water partition coefficient (Wildman–Crippen LogP) is 3.62. The minimum atomic E-state index is -0.463. The van der Waals surface area contributed by atoms with Crippen LogP contribution >= 0.6 is 22.6 Å². The van der Waals surface area contributed by atoms with Gasteiger partial charge in [-0.3, -0.25) is 0 Å². The second-order valence-corrected chi connectivity index (χ2v) is 6.57. The minimum absolute atomic E-state index is 0.128. The van der Waals surface area contributed by atoms with E-state index in [1.54, 1.807) is 0 Å². The van der Waals surface area contributed by atoms with Crippen LogP contribution in [0.3, 0.4) is 0 Å². The van der Waals surface area contributed by atoms with Crippen molar-refractivity contribution in [2.24, 2.45) is 0 Å². The molecule has 1 atom stereocenters. The highest BCUT2D eigenvalue weighted by Gasteiger charge is 2.16. The molecule has 0 aromatic heterocycles. The molecule has 19 heavy (non-hydrogen) atoms. The third kappa shape index (κ3) is 6.66. The van der Waals surface area contributed by atoms with Gasteiger partial charge in [-0.05, 0) is 62.4 Å². The molecule has 1 aromatic carbocycles. The molecular weight excluding hydrogens is 355 g/mol. The van der Waals surface area contributed by atoms with Crippen molar-refractivity contribution in [2.45, 2.75) is 39.3 Å². The lowest BCUT2D eigenvalue weighted by molar-refractivity contribution is 0.0526. The van der Waals surface area contributed by atoms with E-state index >= 15 is 0 Å². The minimum Gasteiger partial charge on any atom is -0.444 e. The number of hydrogen-bond acceptors (Lipinski definition) is 3. The summed E-state index contributed by atoms with van der Waals surface area (Å²) in [7, 11) is 0. The summed E-state index contributed by atoms with van der Waals surface area (Å²) in [6, 6.07) is 8.17. The van der Waals surface area contributed by atoms with E-state index in [9.17, 15) is 4.79 Å². The highest BCUT2D eigenvalue weighted by Crippen LogP contribution is 2.17. The highest BCUT2D eigenvalue weighted by molar-refractivity contribution is 14.1. The van der Waals surface area contributed by atoms with E-state index in [-0.39, 0.29) is 12.1 Å². The summed E-state index contributed by atoms with van der Waals surface area (Å²) in [5.41, 5.74) is 0.608. The Morgan fingerprint density at radius 1 is 1.37 bits per heavy atom. The molecule has 1 amide bonds. The molecule has 0 bridgehead atoms. The molecule has 1 rings (SSSR count). The van der Waals surface area contributed by atoms with Crippen molar-refractivity contribution in [1.29, 1.82) is 0 Å². The lowest BCUT2D eigenvalue weighted by Crippen LogP contribution is -2.38. The SMILES string of the molecule is CC(CNC(=O)OC(C)(C)C)Nc1ccccc1I. The average Bonchev–Trinajstić information content (AvgIpc) is 2.27. The van der Waals surface area contributed by atoms with Crippen LogP contribution in [0.5, 0.6) is 0 Å². The van der Waals surface area contributed by atoms with Crippen LogP contribution in [0.4, 0.5) is 10.5 Å². The van der Waals surface area contributed by atoms with Crippen LogP contribution in [0.2, 0.25) is 0 Å². The molecule has 0 aliphatic heterocycles. The second kappa shape index (κ2) is 6.98. The number of alkyl carbamates (subject to hydrolysis) is 1. The normalized spacial score (nSPS) is 12.7. The van der Waals surface area contributed by atoms with Gasteiger partial charge in [0, 0.05) is 21.8 Å². The summed E-state index contributed by atoms with van der Waals surface area (Å²) in [5, 5.41) is 6.10. The van der Waals surface area contributed by atoms with Gasteiger partial charge < -0.3 is 15.4 Å². The number of carbonyl (C=O) groups excluding carboxylic acids is 1. The fourth-order valence-electron chi connectivity index (χ4n) is 1.45. The maximum absolute atomic E-state index is 11.5. The average molecular weight is 376 g/mol. The smallest absolute Gasteiger partial charge is 0.407 e. The fourth-order valence-corrected chi connectivity index (χ4v) is 1.99. The third-order valence-corrected chi connectivity index (χ3v) is 3.17. The van der Waals surface area contributed by atoms with Crippen LogP contribution in [0.25, 0.3) is 0 Å². The first kappa shape index (κ1) is 16.1. The maximum atomic E-state index is 11.5. The summed E-state index contributed by atoms with van der Waals surface area (Å²) in [6.07, 6.45) is -0.385. The van der Waals surface area contributed by atoms with Crippen LogP contribution in [-0.2, 0) is 4.74 Å². The third-order valence-electron chi connectivity index (χ3n) is 2.23. The van der Waals surface area contributed by atoms with Crippen molar-refractivity contribution in [2.75, 3.05) is 11.9 Å². The predicted molar refractivity (Wildman–Crippen MR) is 86.5 cm³/mol. The zero-order valence-corrected chi connectivity index (χ0v) is 13.9. The Kier molecular flexibility index (Phi) is 5.90. The van der Waals surface area contributed by atoms with Gasteiger partial charge in [-0.2, -0.15) is 0 Å². The molecule has 1 aromatic rings. The summed E-state index contributed by atoms with van der Waals surface area (Å²) >= 11 is 2.28. The van der Waals surface area contributed by atoms with Gasteiger partial charge in [-0.1, -0.05) is 12.1 Å². The quantitative estimate of drug-likeness (QED) is 0.790. The summed E-state index contributed by atoms with van der Waals surface area (Å²) < 4.78 is 6.34. The zero-order valence-electron chi connectivity index (χ0n) is 11.8. The van der Waals surface area contributed by atoms with Gasteiger partial charge in [-0.25, -0.2) is 4.79 Å². The first-order valence-corrected chi connectivity index (χ1v) is 7.34. The molecule has 0 spiro atoms. The monoisotopic (exact) mass is 376 g/mol. The summed E-state index contributed by atoms with van der Waals surface area (Å²) in [5.74, 6) is 0. The maximum Gasteiger partial charge on any atom is 0.407 e. The molecule has 106 valence electrons. The van der Waals surface area contributed by atoms with E-state index in [0.29, 0.717) is 6.54 Å². The van der Waals surface area contributed by atoms with Gasteiger partial charge in [0.15, 0.2) is 0 Å². The molecule has 0 radical (unpaired) electrons. The Labute approximate surface area is 128 Å². The van der Waals surface area contributed by atoms with E-state index < -0.39 is 5.60 Å². The van der Waals surface area contributed by atoms with Crippen molar-refractivity contribution in [3.8, 4) is 0 Å². The summed E-state index contributed by atoms with van der Waals surface area (Å²) in [4.78, 5) is 11.5. The zero-order chi connectivity index (χ0) is 14.5. The van der Waals surface area contributed by atoms with Crippen LogP contribution in [0.15, 0.2) is 24.3 Å². The van der Waals surface area contributed by atoms with Crippen molar-refractivity contribution in [1.82, 2.24) is 5.32 Å².